The van der Waals surface area contributed by atoms with E-state index in [-0.39, 0.29) is 12.2 Å². The molecule has 1 aromatic heterocycles. The van der Waals surface area contributed by atoms with Gasteiger partial charge < -0.3 is 14.7 Å². The van der Waals surface area contributed by atoms with Crippen LogP contribution in [0.4, 0.5) is 5.82 Å². The third-order valence-electron chi connectivity index (χ3n) is 2.94. The number of rotatable bonds is 3. The van der Waals surface area contributed by atoms with Crippen molar-refractivity contribution >= 4 is 17.9 Å². The van der Waals surface area contributed by atoms with Crippen LogP contribution in [0, 0.1) is 0 Å². The van der Waals surface area contributed by atoms with E-state index in [1.165, 1.54) is 0 Å². The molecule has 19 heavy (non-hydrogen) atoms. The number of anilines is 1. The number of morpholine rings is 1. The average molecular weight is 262 g/mol. The molecule has 1 aliphatic heterocycles. The van der Waals surface area contributed by atoms with Crippen LogP contribution < -0.4 is 4.90 Å². The molecule has 2 heterocycles. The van der Waals surface area contributed by atoms with Gasteiger partial charge in [0, 0.05) is 30.9 Å². The van der Waals surface area contributed by atoms with Gasteiger partial charge in [0.1, 0.15) is 5.82 Å². The van der Waals surface area contributed by atoms with E-state index in [2.05, 4.69) is 9.88 Å². The first-order valence-electron chi connectivity index (χ1n) is 6.32. The van der Waals surface area contributed by atoms with Crippen molar-refractivity contribution in [3.8, 4) is 0 Å². The van der Waals surface area contributed by atoms with E-state index in [4.69, 9.17) is 9.84 Å². The Hall–Kier alpha value is -1.88. The summed E-state index contributed by atoms with van der Waals surface area (Å²) in [6, 6.07) is 3.67. The van der Waals surface area contributed by atoms with E-state index in [1.54, 1.807) is 18.3 Å². The summed E-state index contributed by atoms with van der Waals surface area (Å²) < 4.78 is 5.69. The Bertz CT molecular complexity index is 477. The summed E-state index contributed by atoms with van der Waals surface area (Å²) in [5.41, 5.74) is 0.811. The van der Waals surface area contributed by atoms with Crippen molar-refractivity contribution in [2.24, 2.45) is 0 Å². The predicted octanol–water partition coefficient (Wildman–Crippen LogP) is 1.79. The molecule has 1 aliphatic rings. The minimum atomic E-state index is -0.960. The Morgan fingerprint density at radius 2 is 2.16 bits per heavy atom. The fourth-order valence-corrected chi connectivity index (χ4v) is 2.32. The lowest BCUT2D eigenvalue weighted by molar-refractivity contribution is -0.131. The molecule has 0 saturated carbocycles. The molecule has 0 spiro atoms. The van der Waals surface area contributed by atoms with Gasteiger partial charge in [0.05, 0.1) is 12.2 Å². The third-order valence-corrected chi connectivity index (χ3v) is 2.94. The zero-order valence-electron chi connectivity index (χ0n) is 11.1. The highest BCUT2D eigenvalue weighted by Gasteiger charge is 2.24. The Kier molecular flexibility index (Phi) is 4.16. The Morgan fingerprint density at radius 3 is 2.79 bits per heavy atom. The number of pyridine rings is 1. The predicted molar refractivity (Wildman–Crippen MR) is 73.1 cm³/mol. The molecule has 102 valence electrons. The van der Waals surface area contributed by atoms with Crippen molar-refractivity contribution in [3.05, 3.63) is 30.0 Å². The fraction of sp³-hybridized carbons (Fsp3) is 0.429. The molecule has 0 bridgehead atoms. The van der Waals surface area contributed by atoms with Crippen LogP contribution in [0.5, 0.6) is 0 Å². The van der Waals surface area contributed by atoms with Gasteiger partial charge in [-0.25, -0.2) is 9.78 Å². The van der Waals surface area contributed by atoms with Crippen molar-refractivity contribution in [2.75, 3.05) is 18.0 Å². The standard InChI is InChI=1S/C14H18N2O3/c1-10-8-16(9-11(2)19-10)14-12(4-3-7-15-14)5-6-13(17)18/h3-7,10-11H,8-9H2,1-2H3,(H,17,18)/b6-5+/t10-,11+. The smallest absolute Gasteiger partial charge is 0.328 e. The molecule has 5 heteroatoms. The monoisotopic (exact) mass is 262 g/mol. The van der Waals surface area contributed by atoms with Crippen LogP contribution >= 0.6 is 0 Å². The summed E-state index contributed by atoms with van der Waals surface area (Å²) >= 11 is 0. The van der Waals surface area contributed by atoms with E-state index < -0.39 is 5.97 Å². The molecule has 1 fully saturated rings. The minimum absolute atomic E-state index is 0.141. The first kappa shape index (κ1) is 13.5. The topological polar surface area (TPSA) is 62.7 Å². The molecule has 2 rings (SSSR count). The molecule has 0 radical (unpaired) electrons. The highest BCUT2D eigenvalue weighted by molar-refractivity contribution is 5.86. The lowest BCUT2D eigenvalue weighted by Crippen LogP contribution is -2.46. The molecular formula is C14H18N2O3. The number of aliphatic carboxylic acids is 1. The average Bonchev–Trinajstić information content (AvgIpc) is 2.35. The SMILES string of the molecule is C[C@@H]1CN(c2ncccc2/C=C/C(=O)O)C[C@H](C)O1. The number of hydrogen-bond acceptors (Lipinski definition) is 4. The highest BCUT2D eigenvalue weighted by atomic mass is 16.5. The second-order valence-electron chi connectivity index (χ2n) is 4.75. The van der Waals surface area contributed by atoms with Crippen molar-refractivity contribution in [1.29, 1.82) is 0 Å². The minimum Gasteiger partial charge on any atom is -0.478 e. The second-order valence-corrected chi connectivity index (χ2v) is 4.75. The van der Waals surface area contributed by atoms with Crippen molar-refractivity contribution < 1.29 is 14.6 Å². The Morgan fingerprint density at radius 1 is 1.47 bits per heavy atom. The van der Waals surface area contributed by atoms with Gasteiger partial charge in [-0.3, -0.25) is 0 Å². The van der Waals surface area contributed by atoms with Gasteiger partial charge in [0.2, 0.25) is 0 Å². The molecule has 0 aliphatic carbocycles. The maximum absolute atomic E-state index is 10.6. The zero-order valence-corrected chi connectivity index (χ0v) is 11.1. The molecular weight excluding hydrogens is 244 g/mol. The number of nitrogens with zero attached hydrogens (tertiary/aromatic N) is 2. The summed E-state index contributed by atoms with van der Waals surface area (Å²) in [5.74, 6) is -0.152. The van der Waals surface area contributed by atoms with Crippen molar-refractivity contribution in [3.63, 3.8) is 0 Å². The summed E-state index contributed by atoms with van der Waals surface area (Å²) in [7, 11) is 0. The van der Waals surface area contributed by atoms with E-state index in [9.17, 15) is 4.79 Å². The van der Waals surface area contributed by atoms with Gasteiger partial charge >= 0.3 is 5.97 Å². The molecule has 1 saturated heterocycles. The summed E-state index contributed by atoms with van der Waals surface area (Å²) in [6.45, 7) is 5.57. The first-order chi connectivity index (χ1) is 9.06. The lowest BCUT2D eigenvalue weighted by Gasteiger charge is -2.36. The molecule has 1 N–H and O–H groups in total. The summed E-state index contributed by atoms with van der Waals surface area (Å²) in [4.78, 5) is 17.1. The second kappa shape index (κ2) is 5.84. The molecule has 5 nitrogen and oxygen atoms in total. The Balaban J connectivity index is 2.26. The van der Waals surface area contributed by atoms with Gasteiger partial charge in [0.15, 0.2) is 0 Å². The number of aromatic nitrogens is 1. The fourth-order valence-electron chi connectivity index (χ4n) is 2.32. The van der Waals surface area contributed by atoms with Gasteiger partial charge in [-0.2, -0.15) is 0 Å². The quantitative estimate of drug-likeness (QED) is 0.841. The lowest BCUT2D eigenvalue weighted by atomic mass is 10.1. The Labute approximate surface area is 112 Å². The van der Waals surface area contributed by atoms with Gasteiger partial charge in [0.25, 0.3) is 0 Å². The van der Waals surface area contributed by atoms with E-state index in [1.807, 2.05) is 19.9 Å². The number of carboxylic acid groups (broad SMARTS) is 1. The van der Waals surface area contributed by atoms with Gasteiger partial charge in [-0.15, -0.1) is 0 Å². The molecule has 0 amide bonds. The summed E-state index contributed by atoms with van der Waals surface area (Å²) in [6.07, 6.45) is 4.71. The number of carboxylic acids is 1. The molecule has 0 aromatic carbocycles. The van der Waals surface area contributed by atoms with E-state index >= 15 is 0 Å². The van der Waals surface area contributed by atoms with Gasteiger partial charge in [-0.1, -0.05) is 0 Å². The van der Waals surface area contributed by atoms with Crippen LogP contribution in [0.25, 0.3) is 6.08 Å². The number of hydrogen-bond donors (Lipinski definition) is 1. The summed E-state index contributed by atoms with van der Waals surface area (Å²) in [5, 5.41) is 8.72. The third kappa shape index (κ3) is 3.54. The van der Waals surface area contributed by atoms with E-state index in [0.29, 0.717) is 0 Å². The van der Waals surface area contributed by atoms with Crippen LogP contribution in [0.15, 0.2) is 24.4 Å². The van der Waals surface area contributed by atoms with Crippen LogP contribution in [-0.4, -0.2) is 41.4 Å². The van der Waals surface area contributed by atoms with Gasteiger partial charge in [-0.05, 0) is 32.1 Å². The highest BCUT2D eigenvalue weighted by Crippen LogP contribution is 2.22. The van der Waals surface area contributed by atoms with Crippen LogP contribution in [0.2, 0.25) is 0 Å². The number of carbonyl (C=O) groups is 1. The number of ether oxygens (including phenoxy) is 1. The van der Waals surface area contributed by atoms with Crippen LogP contribution in [-0.2, 0) is 9.53 Å². The van der Waals surface area contributed by atoms with Crippen LogP contribution in [0.1, 0.15) is 19.4 Å². The largest absolute Gasteiger partial charge is 0.478 e. The maximum atomic E-state index is 10.6. The zero-order chi connectivity index (χ0) is 13.8. The van der Waals surface area contributed by atoms with Crippen LogP contribution in [0.3, 0.4) is 0 Å². The first-order valence-corrected chi connectivity index (χ1v) is 6.32. The maximum Gasteiger partial charge on any atom is 0.328 e. The van der Waals surface area contributed by atoms with Crippen molar-refractivity contribution in [1.82, 2.24) is 4.98 Å². The van der Waals surface area contributed by atoms with Crippen molar-refractivity contribution in [2.45, 2.75) is 26.1 Å². The molecule has 2 atom stereocenters. The normalized spacial score (nSPS) is 23.8. The molecule has 0 unspecified atom stereocenters. The molecule has 1 aromatic rings. The van der Waals surface area contributed by atoms with E-state index in [0.717, 1.165) is 30.5 Å².